The normalized spacial score (nSPS) is 12.7. The zero-order chi connectivity index (χ0) is 23.0. The highest BCUT2D eigenvalue weighted by Crippen LogP contribution is 2.13. The van der Waals surface area contributed by atoms with Gasteiger partial charge in [0.05, 0.1) is 0 Å². The molecule has 166 valence electrons. The Bertz CT molecular complexity index is 906. The summed E-state index contributed by atoms with van der Waals surface area (Å²) in [6, 6.07) is 14.0. The molecule has 0 saturated heterocycles. The molecule has 6 nitrogen and oxygen atoms in total. The van der Waals surface area contributed by atoms with Crippen molar-refractivity contribution in [3.8, 4) is 0 Å². The van der Waals surface area contributed by atoms with Crippen molar-refractivity contribution in [1.82, 2.24) is 10.6 Å². The SMILES string of the molecule is CCC(C)C(=O)Nc1cccc(CNC(=O)C(NC(=O)c2ccc(C)cc2)C(C)C)c1. The van der Waals surface area contributed by atoms with Crippen molar-refractivity contribution in [2.24, 2.45) is 11.8 Å². The van der Waals surface area contributed by atoms with Crippen LogP contribution in [0.5, 0.6) is 0 Å². The fourth-order valence-electron chi connectivity index (χ4n) is 2.97. The molecule has 3 N–H and O–H groups in total. The predicted molar refractivity (Wildman–Crippen MR) is 124 cm³/mol. The Balaban J connectivity index is 1.98. The summed E-state index contributed by atoms with van der Waals surface area (Å²) in [5, 5.41) is 8.63. The summed E-state index contributed by atoms with van der Waals surface area (Å²) in [6.45, 7) is 9.90. The molecule has 0 aliphatic rings. The van der Waals surface area contributed by atoms with E-state index in [4.69, 9.17) is 0 Å². The van der Waals surface area contributed by atoms with Crippen molar-refractivity contribution in [1.29, 1.82) is 0 Å². The van der Waals surface area contributed by atoms with Crippen LogP contribution in [0.2, 0.25) is 0 Å². The van der Waals surface area contributed by atoms with Crippen LogP contribution in [0.3, 0.4) is 0 Å². The summed E-state index contributed by atoms with van der Waals surface area (Å²) in [7, 11) is 0. The van der Waals surface area contributed by atoms with Gasteiger partial charge in [0.25, 0.3) is 5.91 Å². The first kappa shape index (κ1) is 24.1. The summed E-state index contributed by atoms with van der Waals surface area (Å²) in [6.07, 6.45) is 0.770. The minimum Gasteiger partial charge on any atom is -0.350 e. The van der Waals surface area contributed by atoms with Crippen LogP contribution >= 0.6 is 0 Å². The number of benzene rings is 2. The number of rotatable bonds is 9. The van der Waals surface area contributed by atoms with Crippen LogP contribution in [0.1, 0.15) is 55.6 Å². The number of carbonyl (C=O) groups is 3. The highest BCUT2D eigenvalue weighted by molar-refractivity contribution is 5.97. The van der Waals surface area contributed by atoms with Gasteiger partial charge in [-0.05, 0) is 49.1 Å². The van der Waals surface area contributed by atoms with Gasteiger partial charge in [-0.15, -0.1) is 0 Å². The van der Waals surface area contributed by atoms with Gasteiger partial charge in [-0.25, -0.2) is 0 Å². The number of nitrogens with one attached hydrogen (secondary N) is 3. The van der Waals surface area contributed by atoms with Gasteiger partial charge >= 0.3 is 0 Å². The van der Waals surface area contributed by atoms with Gasteiger partial charge in [0.15, 0.2) is 0 Å². The number of anilines is 1. The molecule has 31 heavy (non-hydrogen) atoms. The zero-order valence-corrected chi connectivity index (χ0v) is 19.0. The average molecular weight is 424 g/mol. The first-order valence-electron chi connectivity index (χ1n) is 10.8. The number of aryl methyl sites for hydroxylation is 1. The van der Waals surface area contributed by atoms with Crippen molar-refractivity contribution in [3.05, 3.63) is 65.2 Å². The number of carbonyl (C=O) groups excluding carboxylic acids is 3. The first-order valence-corrected chi connectivity index (χ1v) is 10.8. The van der Waals surface area contributed by atoms with Gasteiger partial charge < -0.3 is 16.0 Å². The van der Waals surface area contributed by atoms with E-state index in [1.54, 1.807) is 12.1 Å². The standard InChI is InChI=1S/C25H33N3O3/c1-6-18(5)23(29)27-21-9-7-8-19(14-21)15-26-25(31)22(16(2)3)28-24(30)20-12-10-17(4)11-13-20/h7-14,16,18,22H,6,15H2,1-5H3,(H,26,31)(H,27,29)(H,28,30). The largest absolute Gasteiger partial charge is 0.350 e. The van der Waals surface area contributed by atoms with E-state index in [9.17, 15) is 14.4 Å². The lowest BCUT2D eigenvalue weighted by Crippen LogP contribution is -2.49. The molecule has 0 aliphatic carbocycles. The molecule has 6 heteroatoms. The van der Waals surface area contributed by atoms with E-state index in [1.807, 2.05) is 71.0 Å². The quantitative estimate of drug-likeness (QED) is 0.569. The molecule has 2 rings (SSSR count). The number of amides is 3. The average Bonchev–Trinajstić information content (AvgIpc) is 2.75. The molecule has 0 fully saturated rings. The van der Waals surface area contributed by atoms with Crippen molar-refractivity contribution < 1.29 is 14.4 Å². The second kappa shape index (κ2) is 11.3. The molecular weight excluding hydrogens is 390 g/mol. The lowest BCUT2D eigenvalue weighted by atomic mass is 10.0. The fraction of sp³-hybridized carbons (Fsp3) is 0.400. The van der Waals surface area contributed by atoms with E-state index in [-0.39, 0.29) is 29.6 Å². The van der Waals surface area contributed by atoms with Gasteiger partial charge in [0.2, 0.25) is 11.8 Å². The molecule has 0 radical (unpaired) electrons. The molecule has 2 aromatic rings. The Kier molecular flexibility index (Phi) is 8.79. The van der Waals surface area contributed by atoms with Gasteiger partial charge in [-0.1, -0.05) is 57.5 Å². The Labute approximate surface area is 184 Å². The molecule has 3 amide bonds. The molecule has 0 spiro atoms. The molecule has 2 atom stereocenters. The van der Waals surface area contributed by atoms with Crippen molar-refractivity contribution >= 4 is 23.4 Å². The van der Waals surface area contributed by atoms with Crippen molar-refractivity contribution in [3.63, 3.8) is 0 Å². The Hall–Kier alpha value is -3.15. The maximum absolute atomic E-state index is 12.8. The number of hydrogen-bond donors (Lipinski definition) is 3. The molecule has 0 bridgehead atoms. The molecule has 2 unspecified atom stereocenters. The lowest BCUT2D eigenvalue weighted by Gasteiger charge is -2.22. The van der Waals surface area contributed by atoms with Crippen LogP contribution in [-0.4, -0.2) is 23.8 Å². The summed E-state index contributed by atoms with van der Waals surface area (Å²) >= 11 is 0. The first-order chi connectivity index (χ1) is 14.7. The number of hydrogen-bond acceptors (Lipinski definition) is 3. The van der Waals surface area contributed by atoms with Crippen LogP contribution in [0, 0.1) is 18.8 Å². The molecule has 0 aliphatic heterocycles. The minimum absolute atomic E-state index is 0.0256. The van der Waals surface area contributed by atoms with E-state index < -0.39 is 6.04 Å². The smallest absolute Gasteiger partial charge is 0.251 e. The fourth-order valence-corrected chi connectivity index (χ4v) is 2.97. The van der Waals surface area contributed by atoms with E-state index in [2.05, 4.69) is 16.0 Å². The third-order valence-corrected chi connectivity index (χ3v) is 5.27. The lowest BCUT2D eigenvalue weighted by molar-refractivity contribution is -0.124. The topological polar surface area (TPSA) is 87.3 Å². The third kappa shape index (κ3) is 7.24. The Morgan fingerprint density at radius 1 is 0.935 bits per heavy atom. The van der Waals surface area contributed by atoms with Crippen LogP contribution in [0.4, 0.5) is 5.69 Å². The van der Waals surface area contributed by atoms with E-state index in [0.717, 1.165) is 17.5 Å². The second-order valence-corrected chi connectivity index (χ2v) is 8.28. The monoisotopic (exact) mass is 423 g/mol. The van der Waals surface area contributed by atoms with Crippen LogP contribution in [0.25, 0.3) is 0 Å². The summed E-state index contributed by atoms with van der Waals surface area (Å²) < 4.78 is 0. The maximum Gasteiger partial charge on any atom is 0.251 e. The summed E-state index contributed by atoms with van der Waals surface area (Å²) in [5.41, 5.74) is 3.15. The Morgan fingerprint density at radius 3 is 2.23 bits per heavy atom. The zero-order valence-electron chi connectivity index (χ0n) is 19.0. The van der Waals surface area contributed by atoms with E-state index in [0.29, 0.717) is 17.8 Å². The molecule has 0 aromatic heterocycles. The van der Waals surface area contributed by atoms with Crippen LogP contribution in [-0.2, 0) is 16.1 Å². The van der Waals surface area contributed by atoms with E-state index >= 15 is 0 Å². The minimum atomic E-state index is -0.651. The highest BCUT2D eigenvalue weighted by atomic mass is 16.2. The van der Waals surface area contributed by atoms with E-state index in [1.165, 1.54) is 0 Å². The predicted octanol–water partition coefficient (Wildman–Crippen LogP) is 4.05. The molecule has 0 saturated carbocycles. The van der Waals surface area contributed by atoms with Gasteiger partial charge in [0, 0.05) is 23.7 Å². The summed E-state index contributed by atoms with van der Waals surface area (Å²) in [4.78, 5) is 37.4. The van der Waals surface area contributed by atoms with Crippen LogP contribution < -0.4 is 16.0 Å². The maximum atomic E-state index is 12.8. The second-order valence-electron chi connectivity index (χ2n) is 8.28. The highest BCUT2D eigenvalue weighted by Gasteiger charge is 2.24. The van der Waals surface area contributed by atoms with Gasteiger partial charge in [0.1, 0.15) is 6.04 Å². The van der Waals surface area contributed by atoms with Crippen LogP contribution in [0.15, 0.2) is 48.5 Å². The molecule has 2 aromatic carbocycles. The Morgan fingerprint density at radius 2 is 1.61 bits per heavy atom. The van der Waals surface area contributed by atoms with Crippen molar-refractivity contribution in [2.45, 2.75) is 53.6 Å². The van der Waals surface area contributed by atoms with Crippen molar-refractivity contribution in [2.75, 3.05) is 5.32 Å². The third-order valence-electron chi connectivity index (χ3n) is 5.27. The van der Waals surface area contributed by atoms with Gasteiger partial charge in [-0.2, -0.15) is 0 Å². The van der Waals surface area contributed by atoms with Gasteiger partial charge in [-0.3, -0.25) is 14.4 Å². The molecular formula is C25H33N3O3. The molecule has 0 heterocycles. The summed E-state index contributed by atoms with van der Waals surface area (Å²) in [5.74, 6) is -0.682.